The molecular weight excluding hydrogens is 144 g/mol. The first-order chi connectivity index (χ1) is 4.88. The van der Waals surface area contributed by atoms with Gasteiger partial charge in [-0.25, -0.2) is 0 Å². The minimum atomic E-state index is 0.212. The van der Waals surface area contributed by atoms with Crippen molar-refractivity contribution in [2.75, 3.05) is 5.75 Å². The molecule has 0 amide bonds. The van der Waals surface area contributed by atoms with Gasteiger partial charge in [0.2, 0.25) is 0 Å². The van der Waals surface area contributed by atoms with Gasteiger partial charge in [0.15, 0.2) is 0 Å². The Morgan fingerprint density at radius 2 is 2.40 bits per heavy atom. The third-order valence-electron chi connectivity index (χ3n) is 2.16. The van der Waals surface area contributed by atoms with E-state index in [0.29, 0.717) is 5.92 Å². The highest BCUT2D eigenvalue weighted by Crippen LogP contribution is 2.33. The van der Waals surface area contributed by atoms with Gasteiger partial charge in [0.1, 0.15) is 0 Å². The monoisotopic (exact) mass is 156 g/mol. The standard InChI is InChI=1S/C7H12N2S/c8-4-7(5-10-9)6-2-1-3-6/h6-7H,1-3,5,9H2. The van der Waals surface area contributed by atoms with Crippen LogP contribution in [0, 0.1) is 23.2 Å². The molecule has 1 fully saturated rings. The maximum absolute atomic E-state index is 8.67. The summed E-state index contributed by atoms with van der Waals surface area (Å²) in [6.07, 6.45) is 3.77. The Morgan fingerprint density at radius 3 is 2.70 bits per heavy atom. The SMILES string of the molecule is N#CC(CSN)C1CCC1. The normalized spacial score (nSPS) is 21.2. The van der Waals surface area contributed by atoms with Gasteiger partial charge in [-0.05, 0) is 18.8 Å². The Hall–Kier alpha value is -0.200. The Balaban J connectivity index is 2.26. The van der Waals surface area contributed by atoms with Crippen LogP contribution in [0.15, 0.2) is 0 Å². The lowest BCUT2D eigenvalue weighted by Gasteiger charge is -2.28. The predicted molar refractivity (Wildman–Crippen MR) is 43.1 cm³/mol. The lowest BCUT2D eigenvalue weighted by atomic mass is 9.77. The highest BCUT2D eigenvalue weighted by molar-refractivity contribution is 7.97. The third-order valence-corrected chi connectivity index (χ3v) is 2.71. The van der Waals surface area contributed by atoms with Crippen molar-refractivity contribution in [2.45, 2.75) is 19.3 Å². The van der Waals surface area contributed by atoms with Crippen LogP contribution in [0.25, 0.3) is 0 Å². The molecule has 0 spiro atoms. The molecule has 3 heteroatoms. The first kappa shape index (κ1) is 7.90. The molecule has 0 aromatic heterocycles. The van der Waals surface area contributed by atoms with E-state index in [1.807, 2.05) is 0 Å². The number of nitriles is 1. The van der Waals surface area contributed by atoms with Crippen molar-refractivity contribution in [1.82, 2.24) is 0 Å². The molecule has 0 radical (unpaired) electrons. The molecule has 1 unspecified atom stereocenters. The summed E-state index contributed by atoms with van der Waals surface area (Å²) in [6, 6.07) is 2.30. The molecule has 0 bridgehead atoms. The van der Waals surface area contributed by atoms with Gasteiger partial charge in [-0.2, -0.15) is 5.26 Å². The van der Waals surface area contributed by atoms with E-state index in [-0.39, 0.29) is 5.92 Å². The second-order valence-electron chi connectivity index (χ2n) is 2.76. The molecule has 1 saturated carbocycles. The van der Waals surface area contributed by atoms with E-state index >= 15 is 0 Å². The molecule has 0 aliphatic heterocycles. The number of hydrogen-bond donors (Lipinski definition) is 1. The van der Waals surface area contributed by atoms with Crippen molar-refractivity contribution in [2.24, 2.45) is 17.0 Å². The largest absolute Gasteiger partial charge is 0.278 e. The first-order valence-electron chi connectivity index (χ1n) is 3.59. The van der Waals surface area contributed by atoms with Gasteiger partial charge >= 0.3 is 0 Å². The molecule has 1 rings (SSSR count). The Bertz CT molecular complexity index is 137. The zero-order chi connectivity index (χ0) is 7.40. The number of hydrogen-bond acceptors (Lipinski definition) is 3. The van der Waals surface area contributed by atoms with Crippen molar-refractivity contribution < 1.29 is 0 Å². The van der Waals surface area contributed by atoms with E-state index in [9.17, 15) is 0 Å². The van der Waals surface area contributed by atoms with Crippen LogP contribution < -0.4 is 5.14 Å². The third kappa shape index (κ3) is 1.65. The summed E-state index contributed by atoms with van der Waals surface area (Å²) < 4.78 is 0. The number of nitrogens with zero attached hydrogens (tertiary/aromatic N) is 1. The van der Waals surface area contributed by atoms with Crippen LogP contribution in [0.2, 0.25) is 0 Å². The summed E-state index contributed by atoms with van der Waals surface area (Å²) >= 11 is 1.29. The van der Waals surface area contributed by atoms with Gasteiger partial charge < -0.3 is 0 Å². The van der Waals surface area contributed by atoms with E-state index in [4.69, 9.17) is 10.4 Å². The topological polar surface area (TPSA) is 49.8 Å². The maximum Gasteiger partial charge on any atom is 0.0667 e. The predicted octanol–water partition coefficient (Wildman–Crippen LogP) is 1.53. The fraction of sp³-hybridized carbons (Fsp3) is 0.857. The molecule has 1 atom stereocenters. The van der Waals surface area contributed by atoms with Crippen molar-refractivity contribution in [1.29, 1.82) is 5.26 Å². The second-order valence-corrected chi connectivity index (χ2v) is 3.43. The highest BCUT2D eigenvalue weighted by Gasteiger charge is 2.26. The second kappa shape index (κ2) is 3.85. The number of nitrogens with two attached hydrogens (primary N) is 1. The van der Waals surface area contributed by atoms with Crippen LogP contribution in [-0.4, -0.2) is 5.75 Å². The summed E-state index contributed by atoms with van der Waals surface area (Å²) in [5.41, 5.74) is 0. The smallest absolute Gasteiger partial charge is 0.0667 e. The van der Waals surface area contributed by atoms with Crippen LogP contribution in [0.5, 0.6) is 0 Å². The van der Waals surface area contributed by atoms with Crippen LogP contribution in [0.1, 0.15) is 19.3 Å². The Kier molecular flexibility index (Phi) is 3.04. The number of rotatable bonds is 3. The molecule has 2 N–H and O–H groups in total. The molecule has 1 aliphatic carbocycles. The molecule has 0 aromatic carbocycles. The molecule has 0 heterocycles. The van der Waals surface area contributed by atoms with Crippen molar-refractivity contribution in [3.8, 4) is 6.07 Å². The minimum Gasteiger partial charge on any atom is -0.278 e. The van der Waals surface area contributed by atoms with E-state index in [1.54, 1.807) is 0 Å². The Labute approximate surface area is 65.9 Å². The fourth-order valence-electron chi connectivity index (χ4n) is 1.22. The van der Waals surface area contributed by atoms with E-state index in [1.165, 1.54) is 31.2 Å². The average Bonchev–Trinajstić information content (AvgIpc) is 1.83. The first-order valence-corrected chi connectivity index (χ1v) is 4.64. The maximum atomic E-state index is 8.67. The average molecular weight is 156 g/mol. The van der Waals surface area contributed by atoms with Crippen molar-refractivity contribution in [3.63, 3.8) is 0 Å². The van der Waals surface area contributed by atoms with Gasteiger partial charge in [-0.15, -0.1) is 0 Å². The summed E-state index contributed by atoms with van der Waals surface area (Å²) in [7, 11) is 0. The van der Waals surface area contributed by atoms with Crippen LogP contribution in [-0.2, 0) is 0 Å². The lowest BCUT2D eigenvalue weighted by Crippen LogP contribution is -2.22. The van der Waals surface area contributed by atoms with E-state index in [0.717, 1.165) is 5.75 Å². The summed E-state index contributed by atoms with van der Waals surface area (Å²) in [5.74, 6) is 1.67. The van der Waals surface area contributed by atoms with Gasteiger partial charge in [0.25, 0.3) is 0 Å². The van der Waals surface area contributed by atoms with Gasteiger partial charge in [-0.1, -0.05) is 18.4 Å². The van der Waals surface area contributed by atoms with Crippen molar-refractivity contribution in [3.05, 3.63) is 0 Å². The zero-order valence-electron chi connectivity index (χ0n) is 5.92. The molecule has 10 heavy (non-hydrogen) atoms. The van der Waals surface area contributed by atoms with E-state index < -0.39 is 0 Å². The summed E-state index contributed by atoms with van der Waals surface area (Å²) in [4.78, 5) is 0. The summed E-state index contributed by atoms with van der Waals surface area (Å²) in [6.45, 7) is 0. The van der Waals surface area contributed by atoms with E-state index in [2.05, 4.69) is 6.07 Å². The molecule has 56 valence electrons. The molecule has 2 nitrogen and oxygen atoms in total. The lowest BCUT2D eigenvalue weighted by molar-refractivity contribution is 0.263. The molecular formula is C7H12N2S. The van der Waals surface area contributed by atoms with Crippen LogP contribution in [0.3, 0.4) is 0 Å². The molecule has 0 saturated heterocycles. The molecule has 1 aliphatic rings. The molecule has 0 aromatic rings. The zero-order valence-corrected chi connectivity index (χ0v) is 6.73. The van der Waals surface area contributed by atoms with Gasteiger partial charge in [-0.3, -0.25) is 5.14 Å². The quantitative estimate of drug-likeness (QED) is 0.630. The highest BCUT2D eigenvalue weighted by atomic mass is 32.2. The van der Waals surface area contributed by atoms with Crippen LogP contribution in [0.4, 0.5) is 0 Å². The summed E-state index contributed by atoms with van der Waals surface area (Å²) in [5, 5.41) is 14.0. The van der Waals surface area contributed by atoms with Crippen molar-refractivity contribution >= 4 is 11.9 Å². The Morgan fingerprint density at radius 1 is 1.70 bits per heavy atom. The van der Waals surface area contributed by atoms with Crippen LogP contribution >= 0.6 is 11.9 Å². The minimum absolute atomic E-state index is 0.212. The van der Waals surface area contributed by atoms with Gasteiger partial charge in [0.05, 0.1) is 12.0 Å². The van der Waals surface area contributed by atoms with Gasteiger partial charge in [0, 0.05) is 5.75 Å². The fourth-order valence-corrected chi connectivity index (χ4v) is 1.78.